The molecule has 0 atom stereocenters. The van der Waals surface area contributed by atoms with Gasteiger partial charge in [-0.15, -0.1) is 21.5 Å². The third kappa shape index (κ3) is 3.31. The van der Waals surface area contributed by atoms with E-state index in [9.17, 15) is 0 Å². The lowest BCUT2D eigenvalue weighted by Gasteiger charge is -2.04. The van der Waals surface area contributed by atoms with Crippen molar-refractivity contribution < 1.29 is 0 Å². The molecule has 0 aromatic carbocycles. The van der Waals surface area contributed by atoms with Crippen LogP contribution in [0.25, 0.3) is 10.2 Å². The first-order chi connectivity index (χ1) is 10.2. The Morgan fingerprint density at radius 2 is 2.00 bits per heavy atom. The normalized spacial score (nSPS) is 11.2. The van der Waals surface area contributed by atoms with Gasteiger partial charge in [0.2, 0.25) is 5.95 Å². The van der Waals surface area contributed by atoms with Gasteiger partial charge in [-0.05, 0) is 37.9 Å². The van der Waals surface area contributed by atoms with E-state index in [1.807, 2.05) is 13.2 Å². The standard InChI is InChI=1S/C12H13N5S4/c1-4-13-10-14-8-7(5-6(2)19-8)9(15-10)20-12-17-16-11(18-3)21-12/h5H,4H2,1-3H3,(H,13,14,15). The Balaban J connectivity index is 2.02. The molecule has 0 radical (unpaired) electrons. The van der Waals surface area contributed by atoms with Crippen molar-refractivity contribution in [3.05, 3.63) is 10.9 Å². The molecule has 0 bridgehead atoms. The molecule has 0 unspecified atom stereocenters. The van der Waals surface area contributed by atoms with Crippen LogP contribution < -0.4 is 5.32 Å². The molecule has 0 saturated heterocycles. The zero-order chi connectivity index (χ0) is 14.8. The van der Waals surface area contributed by atoms with E-state index in [0.717, 1.165) is 30.5 Å². The minimum Gasteiger partial charge on any atom is -0.354 e. The average Bonchev–Trinajstić information content (AvgIpc) is 3.05. The Morgan fingerprint density at radius 3 is 2.71 bits per heavy atom. The maximum absolute atomic E-state index is 4.61. The van der Waals surface area contributed by atoms with Crippen LogP contribution in [0.4, 0.5) is 5.95 Å². The van der Waals surface area contributed by atoms with Gasteiger partial charge in [-0.1, -0.05) is 23.1 Å². The van der Waals surface area contributed by atoms with Crippen molar-refractivity contribution in [2.75, 3.05) is 18.1 Å². The Labute approximate surface area is 139 Å². The smallest absolute Gasteiger partial charge is 0.225 e. The van der Waals surface area contributed by atoms with E-state index in [2.05, 4.69) is 38.5 Å². The summed E-state index contributed by atoms with van der Waals surface area (Å²) in [5.41, 5.74) is 0. The van der Waals surface area contributed by atoms with Crippen LogP contribution >= 0.6 is 46.2 Å². The Bertz CT molecular complexity index is 766. The third-order valence-electron chi connectivity index (χ3n) is 2.56. The second-order valence-corrected chi connectivity index (χ2v) is 8.60. The minimum absolute atomic E-state index is 0.670. The molecule has 5 nitrogen and oxygen atoms in total. The number of hydrogen-bond donors (Lipinski definition) is 1. The van der Waals surface area contributed by atoms with Gasteiger partial charge >= 0.3 is 0 Å². The van der Waals surface area contributed by atoms with Crippen molar-refractivity contribution in [2.24, 2.45) is 0 Å². The SMILES string of the molecule is CCNc1nc(Sc2nnc(SC)s2)c2cc(C)sc2n1. The van der Waals surface area contributed by atoms with Gasteiger partial charge in [0.1, 0.15) is 9.86 Å². The van der Waals surface area contributed by atoms with E-state index >= 15 is 0 Å². The summed E-state index contributed by atoms with van der Waals surface area (Å²) in [5, 5.41) is 13.5. The number of thiophene rings is 1. The molecule has 0 aliphatic rings. The quantitative estimate of drug-likeness (QED) is 0.544. The largest absolute Gasteiger partial charge is 0.354 e. The van der Waals surface area contributed by atoms with E-state index in [-0.39, 0.29) is 0 Å². The number of aromatic nitrogens is 4. The lowest BCUT2D eigenvalue weighted by Crippen LogP contribution is -2.02. The second kappa shape index (κ2) is 6.47. The van der Waals surface area contributed by atoms with Crippen molar-refractivity contribution in [3.8, 4) is 0 Å². The first-order valence-electron chi connectivity index (χ1n) is 6.27. The molecule has 0 aliphatic heterocycles. The number of rotatable bonds is 5. The summed E-state index contributed by atoms with van der Waals surface area (Å²) in [7, 11) is 0. The number of hydrogen-bond acceptors (Lipinski definition) is 9. The Hall–Kier alpha value is -0.900. The molecule has 0 spiro atoms. The van der Waals surface area contributed by atoms with Gasteiger partial charge in [0.05, 0.1) is 0 Å². The van der Waals surface area contributed by atoms with Crippen LogP contribution in [0.15, 0.2) is 19.8 Å². The first kappa shape index (κ1) is 15.0. The number of nitrogens with zero attached hydrogens (tertiary/aromatic N) is 4. The van der Waals surface area contributed by atoms with Crippen LogP contribution in [0.2, 0.25) is 0 Å². The molecule has 9 heteroatoms. The number of fused-ring (bicyclic) bond motifs is 1. The Morgan fingerprint density at radius 1 is 1.19 bits per heavy atom. The molecule has 0 fully saturated rings. The van der Waals surface area contributed by atoms with Crippen molar-refractivity contribution >= 4 is 62.4 Å². The van der Waals surface area contributed by atoms with Crippen molar-refractivity contribution in [1.29, 1.82) is 0 Å². The molecule has 3 heterocycles. The summed E-state index contributed by atoms with van der Waals surface area (Å²) in [6.07, 6.45) is 2.00. The maximum Gasteiger partial charge on any atom is 0.225 e. The van der Waals surface area contributed by atoms with Gasteiger partial charge in [-0.2, -0.15) is 0 Å². The van der Waals surface area contributed by atoms with Crippen LogP contribution in [0.5, 0.6) is 0 Å². The molecular formula is C12H13N5S4. The zero-order valence-electron chi connectivity index (χ0n) is 11.7. The minimum atomic E-state index is 0.670. The molecule has 0 aliphatic carbocycles. The molecule has 3 aromatic heterocycles. The summed E-state index contributed by atoms with van der Waals surface area (Å²) >= 11 is 6.44. The summed E-state index contributed by atoms with van der Waals surface area (Å²) in [6.45, 7) is 4.93. The lowest BCUT2D eigenvalue weighted by molar-refractivity contribution is 0.953. The number of aryl methyl sites for hydroxylation is 1. The van der Waals surface area contributed by atoms with Crippen LogP contribution in [0, 0.1) is 6.92 Å². The third-order valence-corrected chi connectivity index (χ3v) is 6.46. The molecular weight excluding hydrogens is 342 g/mol. The number of nitrogens with one attached hydrogen (secondary N) is 1. The summed E-state index contributed by atoms with van der Waals surface area (Å²) in [5.74, 6) is 0.670. The monoisotopic (exact) mass is 355 g/mol. The molecule has 3 aromatic rings. The summed E-state index contributed by atoms with van der Waals surface area (Å²) in [6, 6.07) is 2.13. The van der Waals surface area contributed by atoms with Gasteiger partial charge in [0.25, 0.3) is 0 Å². The van der Waals surface area contributed by atoms with E-state index in [0.29, 0.717) is 5.95 Å². The Kier molecular flexibility index (Phi) is 4.63. The van der Waals surface area contributed by atoms with Crippen LogP contribution in [-0.4, -0.2) is 33.0 Å². The fourth-order valence-corrected chi connectivity index (χ4v) is 5.13. The van der Waals surface area contributed by atoms with E-state index in [1.165, 1.54) is 4.88 Å². The van der Waals surface area contributed by atoms with Gasteiger partial charge in [0.15, 0.2) is 8.68 Å². The second-order valence-electron chi connectivity index (χ2n) is 4.10. The highest BCUT2D eigenvalue weighted by molar-refractivity contribution is 8.03. The molecule has 0 amide bonds. The van der Waals surface area contributed by atoms with Crippen LogP contribution in [0.1, 0.15) is 11.8 Å². The lowest BCUT2D eigenvalue weighted by atomic mass is 10.4. The fraction of sp³-hybridized carbons (Fsp3) is 0.333. The van der Waals surface area contributed by atoms with Crippen molar-refractivity contribution in [3.63, 3.8) is 0 Å². The van der Waals surface area contributed by atoms with Crippen molar-refractivity contribution in [1.82, 2.24) is 20.2 Å². The van der Waals surface area contributed by atoms with Crippen LogP contribution in [0.3, 0.4) is 0 Å². The topological polar surface area (TPSA) is 63.6 Å². The van der Waals surface area contributed by atoms with E-state index in [1.54, 1.807) is 46.2 Å². The van der Waals surface area contributed by atoms with Gasteiger partial charge in [-0.25, -0.2) is 9.97 Å². The predicted molar refractivity (Wildman–Crippen MR) is 92.1 cm³/mol. The fourth-order valence-electron chi connectivity index (χ4n) is 1.73. The highest BCUT2D eigenvalue weighted by atomic mass is 32.2. The van der Waals surface area contributed by atoms with Gasteiger partial charge in [-0.3, -0.25) is 0 Å². The van der Waals surface area contributed by atoms with Gasteiger partial charge < -0.3 is 5.32 Å². The first-order valence-corrected chi connectivity index (χ1v) is 9.94. The van der Waals surface area contributed by atoms with E-state index < -0.39 is 0 Å². The molecule has 21 heavy (non-hydrogen) atoms. The van der Waals surface area contributed by atoms with Gasteiger partial charge in [0, 0.05) is 16.8 Å². The average molecular weight is 356 g/mol. The summed E-state index contributed by atoms with van der Waals surface area (Å²) < 4.78 is 1.88. The highest BCUT2D eigenvalue weighted by Crippen LogP contribution is 2.37. The zero-order valence-corrected chi connectivity index (χ0v) is 15.0. The highest BCUT2D eigenvalue weighted by Gasteiger charge is 2.14. The maximum atomic E-state index is 4.61. The van der Waals surface area contributed by atoms with Crippen LogP contribution in [-0.2, 0) is 0 Å². The predicted octanol–water partition coefficient (Wildman–Crippen LogP) is 4.16. The number of anilines is 1. The molecule has 0 saturated carbocycles. The molecule has 1 N–H and O–H groups in total. The van der Waals surface area contributed by atoms with Crippen molar-refractivity contribution in [2.45, 2.75) is 27.6 Å². The van der Waals surface area contributed by atoms with E-state index in [4.69, 9.17) is 0 Å². The summed E-state index contributed by atoms with van der Waals surface area (Å²) in [4.78, 5) is 11.4. The molecule has 3 rings (SSSR count). The number of thioether (sulfide) groups is 1. The molecule has 110 valence electrons.